The quantitative estimate of drug-likeness (QED) is 0.880. The lowest BCUT2D eigenvalue weighted by molar-refractivity contribution is 0.258. The maximum atomic E-state index is 9.25. The lowest BCUT2D eigenvalue weighted by atomic mass is 9.82. The number of hydrogen-bond donors (Lipinski definition) is 2. The first-order valence-corrected chi connectivity index (χ1v) is 7.86. The molecule has 0 saturated heterocycles. The molecular weight excluding hydrogens is 258 g/mol. The molecule has 2 aromatic rings. The average Bonchev–Trinajstić information content (AvgIpc) is 2.53. The van der Waals surface area contributed by atoms with E-state index in [0.717, 1.165) is 19.3 Å². The van der Waals surface area contributed by atoms with Crippen LogP contribution in [0.3, 0.4) is 0 Å². The van der Waals surface area contributed by atoms with Gasteiger partial charge in [0.25, 0.3) is 0 Å². The van der Waals surface area contributed by atoms with Crippen molar-refractivity contribution in [2.24, 2.45) is 0 Å². The zero-order valence-corrected chi connectivity index (χ0v) is 12.5. The van der Waals surface area contributed by atoms with Crippen molar-refractivity contribution in [3.63, 3.8) is 0 Å². The number of aliphatic hydroxyl groups excluding tert-OH is 1. The van der Waals surface area contributed by atoms with Crippen molar-refractivity contribution < 1.29 is 5.11 Å². The van der Waals surface area contributed by atoms with Gasteiger partial charge in [-0.15, -0.1) is 0 Å². The molecule has 0 bridgehead atoms. The Morgan fingerprint density at radius 1 is 1.05 bits per heavy atom. The topological polar surface area (TPSA) is 32.3 Å². The molecule has 2 aromatic carbocycles. The molecule has 0 radical (unpaired) electrons. The molecule has 0 aliphatic heterocycles. The monoisotopic (exact) mass is 281 g/mol. The molecule has 0 spiro atoms. The molecule has 1 unspecified atom stereocenters. The molecule has 3 rings (SSSR count). The third kappa shape index (κ3) is 2.87. The van der Waals surface area contributed by atoms with Crippen LogP contribution < -0.4 is 5.32 Å². The van der Waals surface area contributed by atoms with Gasteiger partial charge in [-0.25, -0.2) is 0 Å². The summed E-state index contributed by atoms with van der Waals surface area (Å²) in [6.07, 6.45) is 2.85. The Kier molecular flexibility index (Phi) is 4.37. The predicted octanol–water partition coefficient (Wildman–Crippen LogP) is 3.43. The second-order valence-electron chi connectivity index (χ2n) is 5.79. The van der Waals surface area contributed by atoms with E-state index in [1.807, 2.05) is 0 Å². The number of hydrogen-bond acceptors (Lipinski definition) is 2. The summed E-state index contributed by atoms with van der Waals surface area (Å²) in [5, 5.41) is 13.0. The van der Waals surface area contributed by atoms with E-state index in [9.17, 15) is 5.11 Å². The Balaban J connectivity index is 1.98. The average molecular weight is 281 g/mol. The molecule has 21 heavy (non-hydrogen) atoms. The molecule has 110 valence electrons. The van der Waals surface area contributed by atoms with Gasteiger partial charge in [-0.05, 0) is 41.5 Å². The van der Waals surface area contributed by atoms with E-state index in [1.54, 1.807) is 0 Å². The fourth-order valence-electron chi connectivity index (χ4n) is 3.30. The third-order valence-corrected chi connectivity index (χ3v) is 4.49. The van der Waals surface area contributed by atoms with E-state index in [2.05, 4.69) is 60.8 Å². The van der Waals surface area contributed by atoms with Gasteiger partial charge in [0, 0.05) is 12.6 Å². The summed E-state index contributed by atoms with van der Waals surface area (Å²) in [6, 6.07) is 18.0. The molecule has 1 atom stereocenters. The normalized spacial score (nSPS) is 15.3. The Morgan fingerprint density at radius 3 is 2.14 bits per heavy atom. The summed E-state index contributed by atoms with van der Waals surface area (Å²) < 4.78 is 0. The lowest BCUT2D eigenvalue weighted by Gasteiger charge is -2.32. The second-order valence-corrected chi connectivity index (χ2v) is 5.79. The van der Waals surface area contributed by atoms with Gasteiger partial charge < -0.3 is 10.4 Å². The molecule has 2 heteroatoms. The van der Waals surface area contributed by atoms with Crippen LogP contribution in [0, 0.1) is 0 Å². The van der Waals surface area contributed by atoms with Crippen molar-refractivity contribution >= 4 is 0 Å². The summed E-state index contributed by atoms with van der Waals surface area (Å²) in [5.74, 6) is 0. The molecule has 1 aliphatic rings. The van der Waals surface area contributed by atoms with Crippen LogP contribution in [0.25, 0.3) is 0 Å². The summed E-state index contributed by atoms with van der Waals surface area (Å²) in [6.45, 7) is 2.41. The molecule has 2 nitrogen and oxygen atoms in total. The van der Waals surface area contributed by atoms with E-state index in [1.165, 1.54) is 22.3 Å². The molecule has 0 saturated carbocycles. The summed E-state index contributed by atoms with van der Waals surface area (Å²) in [4.78, 5) is 0. The van der Waals surface area contributed by atoms with E-state index >= 15 is 0 Å². The van der Waals surface area contributed by atoms with Crippen LogP contribution in [0.5, 0.6) is 0 Å². The van der Waals surface area contributed by atoms with Gasteiger partial charge in [0.05, 0.1) is 6.04 Å². The highest BCUT2D eigenvalue weighted by molar-refractivity contribution is 5.48. The number of fused-ring (bicyclic) bond motifs is 2. The SMILES string of the molecule is CCC(CCO)NC1c2ccccc2Cc2ccccc21. The first-order chi connectivity index (χ1) is 10.3. The van der Waals surface area contributed by atoms with E-state index < -0.39 is 0 Å². The van der Waals surface area contributed by atoms with Crippen molar-refractivity contribution in [2.75, 3.05) is 6.61 Å². The highest BCUT2D eigenvalue weighted by atomic mass is 16.3. The summed E-state index contributed by atoms with van der Waals surface area (Å²) in [5.41, 5.74) is 5.58. The van der Waals surface area contributed by atoms with Crippen molar-refractivity contribution in [1.29, 1.82) is 0 Å². The summed E-state index contributed by atoms with van der Waals surface area (Å²) >= 11 is 0. The molecule has 0 fully saturated rings. The molecule has 1 aliphatic carbocycles. The van der Waals surface area contributed by atoms with Crippen LogP contribution in [0.1, 0.15) is 48.1 Å². The maximum Gasteiger partial charge on any atom is 0.0584 e. The number of aliphatic hydroxyl groups is 1. The van der Waals surface area contributed by atoms with Crippen LogP contribution in [0.15, 0.2) is 48.5 Å². The van der Waals surface area contributed by atoms with Crippen molar-refractivity contribution in [2.45, 2.75) is 38.3 Å². The predicted molar refractivity (Wildman–Crippen MR) is 86.5 cm³/mol. The van der Waals surface area contributed by atoms with E-state index in [0.29, 0.717) is 6.04 Å². The Labute approximate surface area is 126 Å². The highest BCUT2D eigenvalue weighted by Crippen LogP contribution is 2.35. The Hall–Kier alpha value is -1.64. The van der Waals surface area contributed by atoms with Crippen LogP contribution in [-0.4, -0.2) is 17.8 Å². The minimum atomic E-state index is 0.238. The highest BCUT2D eigenvalue weighted by Gasteiger charge is 2.26. The zero-order chi connectivity index (χ0) is 14.7. The van der Waals surface area contributed by atoms with E-state index in [4.69, 9.17) is 0 Å². The molecule has 0 heterocycles. The van der Waals surface area contributed by atoms with Gasteiger partial charge in [0.15, 0.2) is 0 Å². The third-order valence-electron chi connectivity index (χ3n) is 4.49. The van der Waals surface area contributed by atoms with Crippen molar-refractivity contribution in [3.8, 4) is 0 Å². The fraction of sp³-hybridized carbons (Fsp3) is 0.368. The van der Waals surface area contributed by atoms with E-state index in [-0.39, 0.29) is 12.6 Å². The lowest BCUT2D eigenvalue weighted by Crippen LogP contribution is -2.36. The molecule has 0 amide bonds. The van der Waals surface area contributed by atoms with Crippen LogP contribution in [0.2, 0.25) is 0 Å². The Bertz CT molecular complexity index is 563. The van der Waals surface area contributed by atoms with Crippen molar-refractivity contribution in [3.05, 3.63) is 70.8 Å². The summed E-state index contributed by atoms with van der Waals surface area (Å²) in [7, 11) is 0. The van der Waals surface area contributed by atoms with Gasteiger partial charge in [-0.3, -0.25) is 0 Å². The fourth-order valence-corrected chi connectivity index (χ4v) is 3.30. The van der Waals surface area contributed by atoms with Gasteiger partial charge in [0.2, 0.25) is 0 Å². The van der Waals surface area contributed by atoms with Crippen LogP contribution in [0.4, 0.5) is 0 Å². The second kappa shape index (κ2) is 6.42. The Morgan fingerprint density at radius 2 is 1.62 bits per heavy atom. The smallest absolute Gasteiger partial charge is 0.0584 e. The first-order valence-electron chi connectivity index (χ1n) is 7.86. The number of nitrogens with one attached hydrogen (secondary N) is 1. The first kappa shape index (κ1) is 14.3. The minimum absolute atomic E-state index is 0.238. The standard InChI is InChI=1S/C19H23NO/c1-2-16(11-12-21)20-19-17-9-5-3-7-14(17)13-15-8-4-6-10-18(15)19/h3-10,16,19-21H,2,11-13H2,1H3. The zero-order valence-electron chi connectivity index (χ0n) is 12.5. The molecule has 2 N–H and O–H groups in total. The van der Waals surface area contributed by atoms with Crippen molar-refractivity contribution in [1.82, 2.24) is 5.32 Å². The largest absolute Gasteiger partial charge is 0.396 e. The maximum absolute atomic E-state index is 9.25. The molecular formula is C19H23NO. The van der Waals surface area contributed by atoms with Gasteiger partial charge in [-0.1, -0.05) is 55.5 Å². The minimum Gasteiger partial charge on any atom is -0.396 e. The van der Waals surface area contributed by atoms with Gasteiger partial charge in [0.1, 0.15) is 0 Å². The van der Waals surface area contributed by atoms with Gasteiger partial charge in [-0.2, -0.15) is 0 Å². The van der Waals surface area contributed by atoms with Crippen LogP contribution in [-0.2, 0) is 6.42 Å². The number of rotatable bonds is 5. The van der Waals surface area contributed by atoms with Gasteiger partial charge >= 0.3 is 0 Å². The number of benzene rings is 2. The molecule has 0 aromatic heterocycles. The van der Waals surface area contributed by atoms with Crippen LogP contribution >= 0.6 is 0 Å².